The van der Waals surface area contributed by atoms with Gasteiger partial charge < -0.3 is 5.32 Å². The third-order valence-electron chi connectivity index (χ3n) is 2.58. The van der Waals surface area contributed by atoms with Gasteiger partial charge in [-0.1, -0.05) is 0 Å². The molecule has 5 nitrogen and oxygen atoms in total. The molecule has 0 amide bonds. The Labute approximate surface area is 103 Å². The normalized spacial score (nSPS) is 12.9. The van der Waals surface area contributed by atoms with E-state index < -0.39 is 14.6 Å². The zero-order chi connectivity index (χ0) is 13.1. The molecule has 0 atom stereocenters. The minimum atomic E-state index is -3.08. The first kappa shape index (κ1) is 14.2. The van der Waals surface area contributed by atoms with Crippen molar-refractivity contribution < 1.29 is 8.42 Å². The van der Waals surface area contributed by atoms with Gasteiger partial charge in [0.1, 0.15) is 0 Å². The third kappa shape index (κ3) is 3.81. The van der Waals surface area contributed by atoms with Crippen molar-refractivity contribution in [2.24, 2.45) is 0 Å². The summed E-state index contributed by atoms with van der Waals surface area (Å²) < 4.78 is 24.8. The predicted molar refractivity (Wildman–Crippen MR) is 68.5 cm³/mol. The minimum absolute atomic E-state index is 0.122. The van der Waals surface area contributed by atoms with E-state index in [4.69, 9.17) is 0 Å². The maximum atomic E-state index is 11.9. The van der Waals surface area contributed by atoms with Crippen LogP contribution in [0.4, 0.5) is 0 Å². The van der Waals surface area contributed by atoms with Gasteiger partial charge >= 0.3 is 0 Å². The molecular formula is C11H21N3O2S. The van der Waals surface area contributed by atoms with Gasteiger partial charge in [-0.15, -0.1) is 0 Å². The van der Waals surface area contributed by atoms with Gasteiger partial charge in [0, 0.05) is 12.7 Å². The Morgan fingerprint density at radius 2 is 2.06 bits per heavy atom. The summed E-state index contributed by atoms with van der Waals surface area (Å²) in [5, 5.41) is 7.27. The first-order valence-corrected chi connectivity index (χ1v) is 7.31. The third-order valence-corrected chi connectivity index (χ3v) is 5.16. The Kier molecular flexibility index (Phi) is 4.32. The van der Waals surface area contributed by atoms with Crippen molar-refractivity contribution >= 4 is 9.84 Å². The van der Waals surface area contributed by atoms with Crippen molar-refractivity contribution in [3.8, 4) is 0 Å². The number of hydrogen-bond donors (Lipinski definition) is 1. The Balaban J connectivity index is 2.62. The highest BCUT2D eigenvalue weighted by atomic mass is 32.2. The van der Waals surface area contributed by atoms with E-state index >= 15 is 0 Å². The molecule has 0 aliphatic rings. The van der Waals surface area contributed by atoms with E-state index in [1.54, 1.807) is 25.5 Å². The highest BCUT2D eigenvalue weighted by Gasteiger charge is 2.28. The molecule has 0 saturated heterocycles. The maximum absolute atomic E-state index is 11.9. The number of nitrogens with one attached hydrogen (secondary N) is 1. The lowest BCUT2D eigenvalue weighted by molar-refractivity contribution is 0.547. The second-order valence-corrected chi connectivity index (χ2v) is 7.89. The SMILES string of the molecule is CNCc1ccn(CCS(=O)(=O)C(C)(C)C)n1. The summed E-state index contributed by atoms with van der Waals surface area (Å²) in [4.78, 5) is 0. The highest BCUT2D eigenvalue weighted by Crippen LogP contribution is 2.16. The standard InChI is InChI=1S/C11H21N3O2S/c1-11(2,3)17(15,16)8-7-14-6-5-10(13-14)9-12-4/h5-6,12H,7-9H2,1-4H3. The van der Waals surface area contributed by atoms with Crippen LogP contribution in [0.25, 0.3) is 0 Å². The van der Waals surface area contributed by atoms with Crippen molar-refractivity contribution in [1.82, 2.24) is 15.1 Å². The number of sulfone groups is 1. The van der Waals surface area contributed by atoms with Gasteiger partial charge in [-0.2, -0.15) is 5.10 Å². The van der Waals surface area contributed by atoms with Crippen molar-refractivity contribution in [1.29, 1.82) is 0 Å². The van der Waals surface area contributed by atoms with Crippen LogP contribution in [0.15, 0.2) is 12.3 Å². The molecule has 0 bridgehead atoms. The predicted octanol–water partition coefficient (Wildman–Crippen LogP) is 0.816. The molecule has 0 spiro atoms. The summed E-state index contributed by atoms with van der Waals surface area (Å²) in [6.07, 6.45) is 1.81. The number of nitrogens with zero attached hydrogens (tertiary/aromatic N) is 2. The first-order valence-electron chi connectivity index (χ1n) is 5.65. The summed E-state index contributed by atoms with van der Waals surface area (Å²) in [5.74, 6) is 0.122. The van der Waals surface area contributed by atoms with E-state index in [-0.39, 0.29) is 5.75 Å². The van der Waals surface area contributed by atoms with Crippen molar-refractivity contribution in [2.75, 3.05) is 12.8 Å². The van der Waals surface area contributed by atoms with Crippen LogP contribution in [0.2, 0.25) is 0 Å². The summed E-state index contributed by atoms with van der Waals surface area (Å²) >= 11 is 0. The number of rotatable bonds is 5. The number of hydrogen-bond acceptors (Lipinski definition) is 4. The molecule has 0 aliphatic carbocycles. The molecule has 1 aromatic heterocycles. The Hall–Kier alpha value is -0.880. The van der Waals surface area contributed by atoms with Gasteiger partial charge in [-0.3, -0.25) is 4.68 Å². The fourth-order valence-electron chi connectivity index (χ4n) is 1.32. The van der Waals surface area contributed by atoms with Crippen molar-refractivity contribution in [2.45, 2.75) is 38.6 Å². The summed E-state index contributed by atoms with van der Waals surface area (Å²) in [7, 11) is -1.23. The smallest absolute Gasteiger partial charge is 0.157 e. The fourth-order valence-corrected chi connectivity index (χ4v) is 2.36. The van der Waals surface area contributed by atoms with E-state index in [1.165, 1.54) is 0 Å². The summed E-state index contributed by atoms with van der Waals surface area (Å²) in [6.45, 7) is 6.26. The zero-order valence-corrected chi connectivity index (χ0v) is 11.7. The van der Waals surface area contributed by atoms with Crippen LogP contribution in [-0.4, -0.2) is 35.7 Å². The number of aromatic nitrogens is 2. The molecule has 17 heavy (non-hydrogen) atoms. The van der Waals surface area contributed by atoms with Crippen LogP contribution in [0.1, 0.15) is 26.5 Å². The fraction of sp³-hybridized carbons (Fsp3) is 0.727. The van der Waals surface area contributed by atoms with Gasteiger partial charge in [-0.25, -0.2) is 8.42 Å². The lowest BCUT2D eigenvalue weighted by Crippen LogP contribution is -2.32. The maximum Gasteiger partial charge on any atom is 0.157 e. The average Bonchev–Trinajstić information content (AvgIpc) is 2.62. The number of aryl methyl sites for hydroxylation is 1. The van der Waals surface area contributed by atoms with Gasteiger partial charge in [0.15, 0.2) is 9.84 Å². The molecule has 1 N–H and O–H groups in total. The van der Waals surface area contributed by atoms with Crippen LogP contribution in [0, 0.1) is 0 Å². The molecule has 6 heteroatoms. The zero-order valence-electron chi connectivity index (χ0n) is 10.9. The van der Waals surface area contributed by atoms with Gasteiger partial charge in [0.25, 0.3) is 0 Å². The Morgan fingerprint density at radius 3 is 2.59 bits per heavy atom. The molecular weight excluding hydrogens is 238 g/mol. The van der Waals surface area contributed by atoms with Crippen molar-refractivity contribution in [3.05, 3.63) is 18.0 Å². The average molecular weight is 259 g/mol. The molecule has 0 radical (unpaired) electrons. The second-order valence-electron chi connectivity index (χ2n) is 5.03. The first-order chi connectivity index (χ1) is 7.76. The van der Waals surface area contributed by atoms with E-state index in [0.717, 1.165) is 5.69 Å². The lowest BCUT2D eigenvalue weighted by Gasteiger charge is -2.18. The molecule has 1 heterocycles. The lowest BCUT2D eigenvalue weighted by atomic mass is 10.3. The van der Waals surface area contributed by atoms with Crippen molar-refractivity contribution in [3.63, 3.8) is 0 Å². The van der Waals surface area contributed by atoms with E-state index in [0.29, 0.717) is 13.1 Å². The van der Waals surface area contributed by atoms with Crippen LogP contribution in [0.3, 0.4) is 0 Å². The molecule has 1 aromatic rings. The molecule has 98 valence electrons. The largest absolute Gasteiger partial charge is 0.314 e. The topological polar surface area (TPSA) is 64.0 Å². The van der Waals surface area contributed by atoms with E-state index in [2.05, 4.69) is 10.4 Å². The molecule has 0 unspecified atom stereocenters. The van der Waals surface area contributed by atoms with Crippen LogP contribution in [-0.2, 0) is 22.9 Å². The van der Waals surface area contributed by atoms with Crippen LogP contribution < -0.4 is 5.32 Å². The summed E-state index contributed by atoms with van der Waals surface area (Å²) in [5.41, 5.74) is 0.917. The molecule has 0 aliphatic heterocycles. The van der Waals surface area contributed by atoms with Crippen LogP contribution in [0.5, 0.6) is 0 Å². The van der Waals surface area contributed by atoms with E-state index in [9.17, 15) is 8.42 Å². The van der Waals surface area contributed by atoms with Gasteiger partial charge in [-0.05, 0) is 33.9 Å². The van der Waals surface area contributed by atoms with Gasteiger partial charge in [0.05, 0.1) is 22.7 Å². The van der Waals surface area contributed by atoms with E-state index in [1.807, 2.05) is 19.3 Å². The molecule has 0 fully saturated rings. The molecule has 0 aromatic carbocycles. The highest BCUT2D eigenvalue weighted by molar-refractivity contribution is 7.92. The van der Waals surface area contributed by atoms with Gasteiger partial charge in [0.2, 0.25) is 0 Å². The second kappa shape index (κ2) is 5.18. The molecule has 0 saturated carbocycles. The minimum Gasteiger partial charge on any atom is -0.314 e. The Morgan fingerprint density at radius 1 is 1.41 bits per heavy atom. The summed E-state index contributed by atoms with van der Waals surface area (Å²) in [6, 6.07) is 1.89. The Bertz CT molecular complexity index is 457. The quantitative estimate of drug-likeness (QED) is 0.850. The molecule has 1 rings (SSSR count). The van der Waals surface area contributed by atoms with Crippen LogP contribution >= 0.6 is 0 Å². The monoisotopic (exact) mass is 259 g/mol.